The molecule has 22 heavy (non-hydrogen) atoms. The van der Waals surface area contributed by atoms with E-state index in [1.165, 1.54) is 23.3 Å². The average molecular weight is 388 g/mol. The molecular formula is C13H14BrN3O4S. The number of nitro groups is 1. The Bertz CT molecular complexity index is 754. The number of ether oxygens (including phenoxy) is 1. The third kappa shape index (κ3) is 3.20. The van der Waals surface area contributed by atoms with E-state index in [4.69, 9.17) is 4.74 Å². The smallest absolute Gasteiger partial charge is 0.415 e. The van der Waals surface area contributed by atoms with Gasteiger partial charge in [0.1, 0.15) is 22.3 Å². The fourth-order valence-electron chi connectivity index (χ4n) is 1.78. The molecule has 2 aromatic heterocycles. The van der Waals surface area contributed by atoms with Crippen LogP contribution in [0.1, 0.15) is 20.8 Å². The second-order valence-electron chi connectivity index (χ2n) is 5.55. The van der Waals surface area contributed by atoms with Crippen LogP contribution in [0.5, 0.6) is 0 Å². The number of hydrogen-bond donors (Lipinski definition) is 0. The van der Waals surface area contributed by atoms with Crippen molar-refractivity contribution in [2.24, 2.45) is 0 Å². The van der Waals surface area contributed by atoms with Crippen molar-refractivity contribution in [1.29, 1.82) is 0 Å². The second kappa shape index (κ2) is 5.81. The molecule has 2 rings (SSSR count). The highest BCUT2D eigenvalue weighted by molar-refractivity contribution is 9.10. The Morgan fingerprint density at radius 1 is 1.50 bits per heavy atom. The summed E-state index contributed by atoms with van der Waals surface area (Å²) in [5.41, 5.74) is -0.732. The van der Waals surface area contributed by atoms with E-state index in [0.717, 1.165) is 6.20 Å². The maximum absolute atomic E-state index is 12.2. The van der Waals surface area contributed by atoms with Gasteiger partial charge in [0.05, 0.1) is 10.3 Å². The van der Waals surface area contributed by atoms with Gasteiger partial charge in [0.2, 0.25) is 0 Å². The van der Waals surface area contributed by atoms with Gasteiger partial charge in [-0.3, -0.25) is 15.0 Å². The zero-order chi connectivity index (χ0) is 16.7. The Morgan fingerprint density at radius 3 is 2.68 bits per heavy atom. The van der Waals surface area contributed by atoms with Gasteiger partial charge in [-0.1, -0.05) is 0 Å². The molecule has 0 radical (unpaired) electrons. The number of halogens is 1. The van der Waals surface area contributed by atoms with E-state index in [9.17, 15) is 14.9 Å². The molecule has 2 heterocycles. The van der Waals surface area contributed by atoms with Gasteiger partial charge in [0.15, 0.2) is 0 Å². The molecule has 0 unspecified atom stereocenters. The Balaban J connectivity index is 2.53. The first-order valence-electron chi connectivity index (χ1n) is 6.28. The zero-order valence-corrected chi connectivity index (χ0v) is 14.8. The summed E-state index contributed by atoms with van der Waals surface area (Å²) < 4.78 is 6.40. The summed E-state index contributed by atoms with van der Waals surface area (Å²) in [6.07, 6.45) is 0.579. The molecule has 9 heteroatoms. The maximum atomic E-state index is 12.2. The summed E-state index contributed by atoms with van der Waals surface area (Å²) in [5, 5.41) is 13.3. The largest absolute Gasteiger partial charge is 0.443 e. The average Bonchev–Trinajstić information content (AvgIpc) is 2.77. The van der Waals surface area contributed by atoms with Crippen molar-refractivity contribution in [3.8, 4) is 0 Å². The first-order valence-corrected chi connectivity index (χ1v) is 7.96. The highest BCUT2D eigenvalue weighted by Crippen LogP contribution is 2.40. The van der Waals surface area contributed by atoms with Crippen molar-refractivity contribution in [1.82, 2.24) is 4.98 Å². The van der Waals surface area contributed by atoms with Crippen molar-refractivity contribution in [2.45, 2.75) is 26.4 Å². The van der Waals surface area contributed by atoms with Crippen LogP contribution in [-0.4, -0.2) is 28.6 Å². The first kappa shape index (κ1) is 16.6. The van der Waals surface area contributed by atoms with E-state index in [1.54, 1.807) is 26.2 Å². The molecule has 1 amide bonds. The normalized spacial score (nSPS) is 11.5. The minimum absolute atomic E-state index is 0.0907. The lowest BCUT2D eigenvalue weighted by Crippen LogP contribution is -2.34. The van der Waals surface area contributed by atoms with Crippen molar-refractivity contribution >= 4 is 55.0 Å². The van der Waals surface area contributed by atoms with E-state index in [1.807, 2.05) is 0 Å². The standard InChI is InChI=1S/C13H14BrN3O4S/c1-13(2,3)21-12(18)16(4)11-9-7(14)6-22-10(9)8(5-15-11)17(19)20/h5-6H,1-4H3. The number of amides is 1. The van der Waals surface area contributed by atoms with E-state index in [2.05, 4.69) is 20.9 Å². The van der Waals surface area contributed by atoms with Crippen LogP contribution in [0.15, 0.2) is 16.0 Å². The van der Waals surface area contributed by atoms with Gasteiger partial charge in [0, 0.05) is 16.9 Å². The minimum atomic E-state index is -0.642. The molecule has 0 aliphatic rings. The van der Waals surface area contributed by atoms with Crippen molar-refractivity contribution in [3.05, 3.63) is 26.2 Å². The van der Waals surface area contributed by atoms with Gasteiger partial charge in [-0.2, -0.15) is 0 Å². The number of rotatable bonds is 2. The summed E-state index contributed by atoms with van der Waals surface area (Å²) in [6, 6.07) is 0. The molecule has 0 aliphatic carbocycles. The minimum Gasteiger partial charge on any atom is -0.443 e. The van der Waals surface area contributed by atoms with Crippen LogP contribution >= 0.6 is 27.3 Å². The van der Waals surface area contributed by atoms with E-state index in [0.29, 0.717) is 20.4 Å². The molecule has 0 aliphatic heterocycles. The summed E-state index contributed by atoms with van der Waals surface area (Å²) in [7, 11) is 1.52. The summed E-state index contributed by atoms with van der Waals surface area (Å²) in [4.78, 5) is 28.1. The van der Waals surface area contributed by atoms with E-state index >= 15 is 0 Å². The number of hydrogen-bond acceptors (Lipinski definition) is 6. The highest BCUT2D eigenvalue weighted by atomic mass is 79.9. The predicted octanol–water partition coefficient (Wildman–Crippen LogP) is 4.34. The van der Waals surface area contributed by atoms with E-state index < -0.39 is 16.6 Å². The molecule has 0 atom stereocenters. The van der Waals surface area contributed by atoms with Crippen LogP contribution in [0.25, 0.3) is 10.1 Å². The topological polar surface area (TPSA) is 85.6 Å². The molecule has 0 bridgehead atoms. The first-order chi connectivity index (χ1) is 10.1. The number of fused-ring (bicyclic) bond motifs is 1. The molecule has 0 saturated carbocycles. The van der Waals surface area contributed by atoms with Crippen LogP contribution in [0, 0.1) is 10.1 Å². The third-order valence-corrected chi connectivity index (χ3v) is 4.62. The number of carbonyl (C=O) groups is 1. The van der Waals surface area contributed by atoms with Gasteiger partial charge < -0.3 is 4.74 Å². The number of thiophene rings is 1. The molecule has 0 aromatic carbocycles. The number of anilines is 1. The van der Waals surface area contributed by atoms with E-state index in [-0.39, 0.29) is 5.69 Å². The Hall–Kier alpha value is -1.74. The van der Waals surface area contributed by atoms with Gasteiger partial charge >= 0.3 is 11.8 Å². The number of pyridine rings is 1. The van der Waals surface area contributed by atoms with Gasteiger partial charge in [0.25, 0.3) is 0 Å². The molecule has 7 nitrogen and oxygen atoms in total. The predicted molar refractivity (Wildman–Crippen MR) is 88.6 cm³/mol. The third-order valence-electron chi connectivity index (χ3n) is 2.69. The molecule has 0 N–H and O–H groups in total. The highest BCUT2D eigenvalue weighted by Gasteiger charge is 2.26. The van der Waals surface area contributed by atoms with Crippen LogP contribution in [0.4, 0.5) is 16.3 Å². The molecule has 118 valence electrons. The van der Waals surface area contributed by atoms with Crippen LogP contribution in [0.2, 0.25) is 0 Å². The van der Waals surface area contributed by atoms with Crippen LogP contribution in [0.3, 0.4) is 0 Å². The molecule has 0 spiro atoms. The zero-order valence-electron chi connectivity index (χ0n) is 12.4. The van der Waals surface area contributed by atoms with Gasteiger partial charge in [-0.05, 0) is 36.7 Å². The Kier molecular flexibility index (Phi) is 4.39. The number of carbonyl (C=O) groups excluding carboxylic acids is 1. The Morgan fingerprint density at radius 2 is 2.14 bits per heavy atom. The second-order valence-corrected chi connectivity index (χ2v) is 7.29. The lowest BCUT2D eigenvalue weighted by Gasteiger charge is -2.24. The lowest BCUT2D eigenvalue weighted by molar-refractivity contribution is -0.383. The summed E-state index contributed by atoms with van der Waals surface area (Å²) in [5.74, 6) is 0.308. The van der Waals surface area contributed by atoms with Gasteiger partial charge in [-0.25, -0.2) is 9.78 Å². The van der Waals surface area contributed by atoms with Crippen molar-refractivity contribution in [3.63, 3.8) is 0 Å². The van der Waals surface area contributed by atoms with Crippen molar-refractivity contribution < 1.29 is 14.5 Å². The quantitative estimate of drug-likeness (QED) is 0.564. The molecular weight excluding hydrogens is 374 g/mol. The molecule has 0 saturated heterocycles. The van der Waals surface area contributed by atoms with Crippen LogP contribution < -0.4 is 4.90 Å². The Labute approximate surface area is 139 Å². The number of nitrogens with zero attached hydrogens (tertiary/aromatic N) is 3. The van der Waals surface area contributed by atoms with Gasteiger partial charge in [-0.15, -0.1) is 11.3 Å². The number of aromatic nitrogens is 1. The SMILES string of the molecule is CN(C(=O)OC(C)(C)C)c1ncc([N+](=O)[O-])c2scc(Br)c12. The van der Waals surface area contributed by atoms with Crippen LogP contribution in [-0.2, 0) is 4.74 Å². The summed E-state index contributed by atoms with van der Waals surface area (Å²) in [6.45, 7) is 5.29. The lowest BCUT2D eigenvalue weighted by atomic mass is 10.2. The fourth-order valence-corrected chi connectivity index (χ4v) is 3.47. The summed E-state index contributed by atoms with van der Waals surface area (Å²) >= 11 is 4.57. The fraction of sp³-hybridized carbons (Fsp3) is 0.385. The molecule has 0 fully saturated rings. The molecule has 2 aromatic rings. The maximum Gasteiger partial charge on any atom is 0.415 e. The monoisotopic (exact) mass is 387 g/mol. The van der Waals surface area contributed by atoms with Crippen molar-refractivity contribution in [2.75, 3.05) is 11.9 Å².